The van der Waals surface area contributed by atoms with Crippen LogP contribution in [0.1, 0.15) is 32.1 Å². The van der Waals surface area contributed by atoms with Gasteiger partial charge in [0, 0.05) is 10.4 Å². The quantitative estimate of drug-likeness (QED) is 0.872. The van der Waals surface area contributed by atoms with Gasteiger partial charge in [-0.25, -0.2) is 0 Å². The number of fused-ring (bicyclic) bond motifs is 1. The molecule has 2 aromatic rings. The fraction of sp³-hybridized carbons (Fsp3) is 0.385. The molecule has 1 heterocycles. The highest BCUT2D eigenvalue weighted by Gasteiger charge is 2.17. The second-order valence-electron chi connectivity index (χ2n) is 4.24. The summed E-state index contributed by atoms with van der Waals surface area (Å²) in [6.45, 7) is 4.26. The fourth-order valence-corrected chi connectivity index (χ4v) is 1.91. The first-order chi connectivity index (χ1) is 7.61. The number of halogens is 1. The lowest BCUT2D eigenvalue weighted by atomic mass is 9.98. The summed E-state index contributed by atoms with van der Waals surface area (Å²) in [5, 5.41) is 1.73. The standard InChI is InChI=1S/C13H16ClNO/c1-3-8(2)13(15)12-7-9-6-10(14)4-5-11(9)16-12/h4-8,13H,3,15H2,1-2H3/t8?,13-/m0/s1. The van der Waals surface area contributed by atoms with Gasteiger partial charge < -0.3 is 10.2 Å². The second kappa shape index (κ2) is 4.48. The molecule has 3 heteroatoms. The minimum Gasteiger partial charge on any atom is -0.459 e. The van der Waals surface area contributed by atoms with Crippen LogP contribution in [0.5, 0.6) is 0 Å². The van der Waals surface area contributed by atoms with Gasteiger partial charge in [-0.2, -0.15) is 0 Å². The number of rotatable bonds is 3. The van der Waals surface area contributed by atoms with E-state index in [2.05, 4.69) is 13.8 Å². The molecular weight excluding hydrogens is 222 g/mol. The predicted octanol–water partition coefficient (Wildman–Crippen LogP) is 4.13. The number of benzene rings is 1. The Bertz CT molecular complexity index is 492. The van der Waals surface area contributed by atoms with Crippen molar-refractivity contribution < 1.29 is 4.42 Å². The molecule has 0 aliphatic carbocycles. The van der Waals surface area contributed by atoms with Crippen molar-refractivity contribution in [3.63, 3.8) is 0 Å². The first kappa shape index (κ1) is 11.5. The highest BCUT2D eigenvalue weighted by atomic mass is 35.5. The van der Waals surface area contributed by atoms with Crippen LogP contribution in [0.2, 0.25) is 5.02 Å². The van der Waals surface area contributed by atoms with E-state index in [0.29, 0.717) is 5.92 Å². The molecule has 0 radical (unpaired) electrons. The number of furan rings is 1. The number of nitrogens with two attached hydrogens (primary N) is 1. The average Bonchev–Trinajstić information content (AvgIpc) is 2.69. The molecule has 1 aromatic heterocycles. The minimum absolute atomic E-state index is 0.0452. The zero-order valence-corrected chi connectivity index (χ0v) is 10.3. The molecule has 0 fully saturated rings. The van der Waals surface area contributed by atoms with E-state index < -0.39 is 0 Å². The smallest absolute Gasteiger partial charge is 0.134 e. The van der Waals surface area contributed by atoms with Crippen molar-refractivity contribution in [3.8, 4) is 0 Å². The van der Waals surface area contributed by atoms with Crippen molar-refractivity contribution in [2.24, 2.45) is 11.7 Å². The molecule has 0 spiro atoms. The van der Waals surface area contributed by atoms with Crippen LogP contribution in [0, 0.1) is 5.92 Å². The van der Waals surface area contributed by atoms with Crippen LogP contribution < -0.4 is 5.73 Å². The van der Waals surface area contributed by atoms with Gasteiger partial charge in [-0.05, 0) is 30.2 Å². The lowest BCUT2D eigenvalue weighted by molar-refractivity contribution is 0.388. The van der Waals surface area contributed by atoms with E-state index in [1.54, 1.807) is 0 Å². The third-order valence-corrected chi connectivity index (χ3v) is 3.32. The predicted molar refractivity (Wildman–Crippen MR) is 67.6 cm³/mol. The largest absolute Gasteiger partial charge is 0.459 e. The van der Waals surface area contributed by atoms with Gasteiger partial charge in [0.05, 0.1) is 6.04 Å². The van der Waals surface area contributed by atoms with E-state index in [1.807, 2.05) is 24.3 Å². The van der Waals surface area contributed by atoms with Crippen molar-refractivity contribution in [2.45, 2.75) is 26.3 Å². The van der Waals surface area contributed by atoms with Gasteiger partial charge in [0.2, 0.25) is 0 Å². The molecule has 2 rings (SSSR count). The van der Waals surface area contributed by atoms with Crippen LogP contribution in [-0.4, -0.2) is 0 Å². The molecular formula is C13H16ClNO. The van der Waals surface area contributed by atoms with Crippen molar-refractivity contribution in [1.29, 1.82) is 0 Å². The third-order valence-electron chi connectivity index (χ3n) is 3.08. The summed E-state index contributed by atoms with van der Waals surface area (Å²) < 4.78 is 5.72. The van der Waals surface area contributed by atoms with Crippen LogP contribution in [0.3, 0.4) is 0 Å². The van der Waals surface area contributed by atoms with Crippen LogP contribution in [0.25, 0.3) is 11.0 Å². The molecule has 0 aliphatic rings. The molecule has 0 saturated carbocycles. The van der Waals surface area contributed by atoms with Gasteiger partial charge in [-0.1, -0.05) is 31.9 Å². The molecule has 0 amide bonds. The molecule has 0 aliphatic heterocycles. The molecule has 86 valence electrons. The van der Waals surface area contributed by atoms with Gasteiger partial charge >= 0.3 is 0 Å². The van der Waals surface area contributed by atoms with Gasteiger partial charge in [-0.3, -0.25) is 0 Å². The first-order valence-electron chi connectivity index (χ1n) is 5.56. The maximum atomic E-state index is 6.12. The van der Waals surface area contributed by atoms with Gasteiger partial charge in [0.15, 0.2) is 0 Å². The van der Waals surface area contributed by atoms with Crippen molar-refractivity contribution >= 4 is 22.6 Å². The molecule has 1 aromatic carbocycles. The summed E-state index contributed by atoms with van der Waals surface area (Å²) in [6.07, 6.45) is 1.04. The molecule has 2 N–H and O–H groups in total. The van der Waals surface area contributed by atoms with Crippen LogP contribution >= 0.6 is 11.6 Å². The normalized spacial score (nSPS) is 15.2. The number of hydrogen-bond acceptors (Lipinski definition) is 2. The Morgan fingerprint density at radius 1 is 1.38 bits per heavy atom. The van der Waals surface area contributed by atoms with Gasteiger partial charge in [0.1, 0.15) is 11.3 Å². The summed E-state index contributed by atoms with van der Waals surface area (Å²) in [5.74, 6) is 1.25. The molecule has 2 atom stereocenters. The Morgan fingerprint density at radius 3 is 2.81 bits per heavy atom. The fourth-order valence-electron chi connectivity index (χ4n) is 1.73. The van der Waals surface area contributed by atoms with E-state index in [-0.39, 0.29) is 6.04 Å². The highest BCUT2D eigenvalue weighted by Crippen LogP contribution is 2.29. The molecule has 2 nitrogen and oxygen atoms in total. The molecule has 1 unspecified atom stereocenters. The Balaban J connectivity index is 2.39. The molecule has 0 saturated heterocycles. The van der Waals surface area contributed by atoms with E-state index in [4.69, 9.17) is 21.8 Å². The lowest BCUT2D eigenvalue weighted by Gasteiger charge is -2.15. The lowest BCUT2D eigenvalue weighted by Crippen LogP contribution is -2.17. The summed E-state index contributed by atoms with van der Waals surface area (Å²) in [4.78, 5) is 0. The van der Waals surface area contributed by atoms with Crippen LogP contribution in [0.15, 0.2) is 28.7 Å². The average molecular weight is 238 g/mol. The molecule has 16 heavy (non-hydrogen) atoms. The highest BCUT2D eigenvalue weighted by molar-refractivity contribution is 6.31. The van der Waals surface area contributed by atoms with Crippen LogP contribution in [0.4, 0.5) is 0 Å². The Kier molecular flexibility index (Phi) is 3.22. The summed E-state index contributed by atoms with van der Waals surface area (Å²) in [6, 6.07) is 7.54. The van der Waals surface area contributed by atoms with Crippen molar-refractivity contribution in [2.75, 3.05) is 0 Å². The van der Waals surface area contributed by atoms with Crippen molar-refractivity contribution in [1.82, 2.24) is 0 Å². The zero-order valence-electron chi connectivity index (χ0n) is 9.53. The Morgan fingerprint density at radius 2 is 2.12 bits per heavy atom. The number of hydrogen-bond donors (Lipinski definition) is 1. The Hall–Kier alpha value is -0.990. The zero-order chi connectivity index (χ0) is 11.7. The second-order valence-corrected chi connectivity index (χ2v) is 4.68. The molecule has 0 bridgehead atoms. The van der Waals surface area contributed by atoms with E-state index in [1.165, 1.54) is 0 Å². The van der Waals surface area contributed by atoms with Crippen molar-refractivity contribution in [3.05, 3.63) is 35.0 Å². The van der Waals surface area contributed by atoms with E-state index in [0.717, 1.165) is 28.2 Å². The monoisotopic (exact) mass is 237 g/mol. The third kappa shape index (κ3) is 2.08. The van der Waals surface area contributed by atoms with Crippen LogP contribution in [-0.2, 0) is 0 Å². The topological polar surface area (TPSA) is 39.2 Å². The summed E-state index contributed by atoms with van der Waals surface area (Å²) >= 11 is 5.92. The first-order valence-corrected chi connectivity index (χ1v) is 5.94. The van der Waals surface area contributed by atoms with Gasteiger partial charge in [-0.15, -0.1) is 0 Å². The van der Waals surface area contributed by atoms with E-state index in [9.17, 15) is 0 Å². The van der Waals surface area contributed by atoms with E-state index >= 15 is 0 Å². The SMILES string of the molecule is CCC(C)[C@H](N)c1cc2cc(Cl)ccc2o1. The summed E-state index contributed by atoms with van der Waals surface area (Å²) in [7, 11) is 0. The minimum atomic E-state index is -0.0452. The van der Waals surface area contributed by atoms with Gasteiger partial charge in [0.25, 0.3) is 0 Å². The maximum absolute atomic E-state index is 6.12. The summed E-state index contributed by atoms with van der Waals surface area (Å²) in [5.41, 5.74) is 6.97. The maximum Gasteiger partial charge on any atom is 0.134 e. The Labute approximate surface area is 100 Å².